The molecule has 0 amide bonds. The van der Waals surface area contributed by atoms with E-state index in [2.05, 4.69) is 27.4 Å². The predicted octanol–water partition coefficient (Wildman–Crippen LogP) is 15.8. The van der Waals surface area contributed by atoms with Crippen molar-refractivity contribution in [1.29, 1.82) is 0 Å². The van der Waals surface area contributed by atoms with Crippen LogP contribution in [0.3, 0.4) is 0 Å². The Hall–Kier alpha value is -5.96. The van der Waals surface area contributed by atoms with Crippen molar-refractivity contribution in [3.63, 3.8) is 0 Å². The Balaban J connectivity index is 2.55. The van der Waals surface area contributed by atoms with Crippen LogP contribution in [0.4, 0.5) is 14.4 Å². The third-order valence-electron chi connectivity index (χ3n) is 10.6. The van der Waals surface area contributed by atoms with E-state index in [4.69, 9.17) is 57.6 Å². The summed E-state index contributed by atoms with van der Waals surface area (Å²) in [4.78, 5) is 55.9. The normalized spacial score (nSPS) is 12.3. The van der Waals surface area contributed by atoms with E-state index < -0.39 is 35.3 Å². The Kier molecular flexibility index (Phi) is 24.9. The second-order valence-corrected chi connectivity index (χ2v) is 21.0. The van der Waals surface area contributed by atoms with Crippen LogP contribution in [0.1, 0.15) is 184 Å². The number of allylic oxidation sites excluding steroid dienone is 3. The van der Waals surface area contributed by atoms with Gasteiger partial charge in [0.2, 0.25) is 0 Å². The lowest BCUT2D eigenvalue weighted by Crippen LogP contribution is -2.26. The molecule has 3 rings (SSSR count). The number of hydrogen-bond donors (Lipinski definition) is 0. The first-order valence-corrected chi connectivity index (χ1v) is 26.0. The van der Waals surface area contributed by atoms with Gasteiger partial charge < -0.3 is 42.6 Å². The fourth-order valence-electron chi connectivity index (χ4n) is 7.07. The van der Waals surface area contributed by atoms with E-state index in [-0.39, 0.29) is 58.0 Å². The van der Waals surface area contributed by atoms with Crippen molar-refractivity contribution in [2.45, 2.75) is 198 Å². The minimum Gasteiger partial charge on any atom is -0.493 e. The maximum absolute atomic E-state index is 13.6. The quantitative estimate of drug-likeness (QED) is 0.0176. The molecule has 3 aromatic rings. The molecule has 0 fully saturated rings. The lowest BCUT2D eigenvalue weighted by Gasteiger charge is -2.22. The summed E-state index contributed by atoms with van der Waals surface area (Å²) < 4.78 is 53.6. The molecule has 0 aliphatic heterocycles. The van der Waals surface area contributed by atoms with E-state index in [1.807, 2.05) is 0 Å². The maximum Gasteiger partial charge on any atom is 0.514 e. The molecule has 15 nitrogen and oxygen atoms in total. The van der Waals surface area contributed by atoms with Gasteiger partial charge in [0.25, 0.3) is 0 Å². The topological polar surface area (TPSA) is 173 Å². The number of nitrogens with zero attached hydrogens (tertiary/aromatic N) is 3. The molecule has 0 spiro atoms. The standard InChI is InChI=1S/C58H85N3O12/c1-17-20-23-26-35-65-36-29-30-42(47(39(4)5)68-53(62)71-56(8,9)10)50-59-51(43-31-33-45(66-37-27-24-21-18-2)40(6)48(43)69-54(63)72-57(11,12)13)61-52(60-50)44-32-34-46(67-38-28-25-22-19-3)41(7)49(44)70-55(64)73-58(14,15)16/h29-34H,4,17-28,35-38H2,1-3,5-16H3/b30-29-,47-42-. The van der Waals surface area contributed by atoms with E-state index >= 15 is 0 Å². The first-order chi connectivity index (χ1) is 34.4. The molecule has 1 heterocycles. The number of hydrogen-bond acceptors (Lipinski definition) is 15. The van der Waals surface area contributed by atoms with Crippen LogP contribution in [-0.4, -0.2) is 76.6 Å². The summed E-state index contributed by atoms with van der Waals surface area (Å²) in [7, 11) is 0. The molecule has 0 N–H and O–H groups in total. The van der Waals surface area contributed by atoms with Crippen molar-refractivity contribution in [3.8, 4) is 45.8 Å². The number of carbonyl (C=O) groups excluding carboxylic acids is 3. The van der Waals surface area contributed by atoms with Gasteiger partial charge in [-0.3, -0.25) is 0 Å². The zero-order chi connectivity index (χ0) is 54.4. The maximum atomic E-state index is 13.6. The molecule has 2 aromatic carbocycles. The zero-order valence-electron chi connectivity index (χ0n) is 46.7. The second-order valence-electron chi connectivity index (χ2n) is 21.0. The monoisotopic (exact) mass is 1020 g/mol. The Morgan fingerprint density at radius 1 is 0.562 bits per heavy atom. The van der Waals surface area contributed by atoms with Gasteiger partial charge in [0.1, 0.15) is 34.1 Å². The molecule has 0 bridgehead atoms. The summed E-state index contributed by atoms with van der Waals surface area (Å²) in [6.07, 6.45) is 12.6. The highest BCUT2D eigenvalue weighted by Crippen LogP contribution is 2.42. The number of aromatic nitrogens is 3. The third kappa shape index (κ3) is 22.0. The Labute approximate surface area is 435 Å². The van der Waals surface area contributed by atoms with Crippen LogP contribution < -0.4 is 18.9 Å². The average Bonchev–Trinajstić information content (AvgIpc) is 3.28. The first-order valence-electron chi connectivity index (χ1n) is 26.0. The summed E-state index contributed by atoms with van der Waals surface area (Å²) >= 11 is 0. The fourth-order valence-corrected chi connectivity index (χ4v) is 7.07. The lowest BCUT2D eigenvalue weighted by molar-refractivity contribution is 0.00738. The van der Waals surface area contributed by atoms with E-state index in [1.54, 1.807) is 120 Å². The molecular weight excluding hydrogens is 931 g/mol. The molecule has 73 heavy (non-hydrogen) atoms. The van der Waals surface area contributed by atoms with Crippen LogP contribution in [0.2, 0.25) is 0 Å². The van der Waals surface area contributed by atoms with Crippen molar-refractivity contribution < 1.29 is 57.0 Å². The van der Waals surface area contributed by atoms with Crippen molar-refractivity contribution in [1.82, 2.24) is 15.0 Å². The molecule has 1 aromatic heterocycles. The fraction of sp³-hybridized carbons (Fsp3) is 0.586. The van der Waals surface area contributed by atoms with Crippen LogP contribution in [0, 0.1) is 13.8 Å². The van der Waals surface area contributed by atoms with E-state index in [1.165, 1.54) is 0 Å². The predicted molar refractivity (Wildman–Crippen MR) is 286 cm³/mol. The largest absolute Gasteiger partial charge is 0.514 e. The molecule has 0 unspecified atom stereocenters. The van der Waals surface area contributed by atoms with Crippen molar-refractivity contribution in [2.24, 2.45) is 0 Å². The molecule has 0 aliphatic rings. The Morgan fingerprint density at radius 2 is 0.973 bits per heavy atom. The Bertz CT molecular complexity index is 2230. The summed E-state index contributed by atoms with van der Waals surface area (Å²) in [5, 5.41) is 0. The molecule has 0 atom stereocenters. The molecule has 0 saturated carbocycles. The highest BCUT2D eigenvalue weighted by molar-refractivity contribution is 5.82. The first kappa shape index (κ1) is 61.3. The van der Waals surface area contributed by atoms with Gasteiger partial charge in [-0.1, -0.05) is 91.2 Å². The van der Waals surface area contributed by atoms with Crippen molar-refractivity contribution in [3.05, 3.63) is 71.3 Å². The van der Waals surface area contributed by atoms with Crippen LogP contribution in [0.25, 0.3) is 28.3 Å². The molecule has 0 radical (unpaired) electrons. The van der Waals surface area contributed by atoms with Gasteiger partial charge in [-0.2, -0.15) is 0 Å². The molecular formula is C58H85N3O12. The summed E-state index contributed by atoms with van der Waals surface area (Å²) in [5.74, 6) is 1.13. The highest BCUT2D eigenvalue weighted by Gasteiger charge is 2.29. The lowest BCUT2D eigenvalue weighted by atomic mass is 10.0. The summed E-state index contributed by atoms with van der Waals surface area (Å²) in [5.41, 5.74) is -0.656. The van der Waals surface area contributed by atoms with Gasteiger partial charge >= 0.3 is 18.5 Å². The van der Waals surface area contributed by atoms with E-state index in [9.17, 15) is 14.4 Å². The van der Waals surface area contributed by atoms with Gasteiger partial charge in [0, 0.05) is 17.7 Å². The van der Waals surface area contributed by atoms with E-state index in [0.29, 0.717) is 48.0 Å². The molecule has 0 saturated heterocycles. The van der Waals surface area contributed by atoms with Crippen LogP contribution >= 0.6 is 0 Å². The SMILES string of the molecule is C=C(C)/C(OC(=O)OC(C)(C)C)=C(\C=C/COCCCCCC)c1nc(-c2ccc(OCCCCCC)c(C)c2OC(=O)OC(C)(C)C)nc(-c2ccc(OCCCCCC)c(C)c2OC(=O)OC(C)(C)C)n1. The molecule has 0 aliphatic carbocycles. The van der Waals surface area contributed by atoms with E-state index in [0.717, 1.165) is 77.0 Å². The van der Waals surface area contributed by atoms with Crippen molar-refractivity contribution >= 4 is 24.0 Å². The summed E-state index contributed by atoms with van der Waals surface area (Å²) in [6, 6.07) is 6.92. The smallest absolute Gasteiger partial charge is 0.493 e. The number of rotatable bonds is 27. The van der Waals surface area contributed by atoms with Gasteiger partial charge in [0.05, 0.1) is 36.5 Å². The number of benzene rings is 2. The van der Waals surface area contributed by atoms with Gasteiger partial charge in [-0.05, 0) is 138 Å². The van der Waals surface area contributed by atoms with Crippen LogP contribution in [-0.2, 0) is 23.7 Å². The number of ether oxygens (including phenoxy) is 9. The second kappa shape index (κ2) is 29.7. The minimum absolute atomic E-state index is 0.00185. The van der Waals surface area contributed by atoms with Crippen LogP contribution in [0.5, 0.6) is 23.0 Å². The van der Waals surface area contributed by atoms with Gasteiger partial charge in [-0.25, -0.2) is 29.3 Å². The van der Waals surface area contributed by atoms with Crippen molar-refractivity contribution in [2.75, 3.05) is 26.4 Å². The third-order valence-corrected chi connectivity index (χ3v) is 10.6. The number of carbonyl (C=O) groups is 3. The molecule has 15 heteroatoms. The van der Waals surface area contributed by atoms with Gasteiger partial charge in [0.15, 0.2) is 29.0 Å². The van der Waals surface area contributed by atoms with Crippen LogP contribution in [0.15, 0.2) is 54.3 Å². The zero-order valence-corrected chi connectivity index (χ0v) is 46.7. The Morgan fingerprint density at radius 3 is 1.37 bits per heavy atom. The van der Waals surface area contributed by atoms with Gasteiger partial charge in [-0.15, -0.1) is 0 Å². The average molecular weight is 1020 g/mol. The summed E-state index contributed by atoms with van der Waals surface area (Å²) in [6.45, 7) is 33.1. The number of unbranched alkanes of at least 4 members (excludes halogenated alkanes) is 9. The highest BCUT2D eigenvalue weighted by atomic mass is 16.7. The minimum atomic E-state index is -0.985. The molecule has 404 valence electrons.